The summed E-state index contributed by atoms with van der Waals surface area (Å²) in [6, 6.07) is 8.15. The van der Waals surface area contributed by atoms with Gasteiger partial charge in [-0.2, -0.15) is 0 Å². The van der Waals surface area contributed by atoms with E-state index in [1.54, 1.807) is 6.26 Å². The highest BCUT2D eigenvalue weighted by Gasteiger charge is 2.06. The number of hydrogen-bond donors (Lipinski definition) is 2. The van der Waals surface area contributed by atoms with Crippen molar-refractivity contribution in [3.63, 3.8) is 0 Å². The third kappa shape index (κ3) is 6.07. The molecule has 0 saturated carbocycles. The predicted octanol–water partition coefficient (Wildman–Crippen LogP) is 3.68. The van der Waals surface area contributed by atoms with Crippen molar-refractivity contribution in [2.45, 2.75) is 46.0 Å². The van der Waals surface area contributed by atoms with Gasteiger partial charge in [0.05, 0.1) is 5.69 Å². The van der Waals surface area contributed by atoms with Crippen molar-refractivity contribution >= 4 is 5.96 Å². The van der Waals surface area contributed by atoms with Gasteiger partial charge in [0.1, 0.15) is 6.26 Å². The first-order valence-corrected chi connectivity index (χ1v) is 8.74. The molecule has 0 aliphatic rings. The van der Waals surface area contributed by atoms with Crippen LogP contribution in [0.25, 0.3) is 11.5 Å². The minimum atomic E-state index is 0.508. The van der Waals surface area contributed by atoms with E-state index in [-0.39, 0.29) is 0 Å². The number of aliphatic imine (C=N–C) groups is 1. The van der Waals surface area contributed by atoms with Crippen LogP contribution >= 0.6 is 0 Å². The number of rotatable bonds is 9. The Labute approximate surface area is 144 Å². The number of oxazole rings is 1. The summed E-state index contributed by atoms with van der Waals surface area (Å²) < 4.78 is 5.55. The van der Waals surface area contributed by atoms with Gasteiger partial charge in [-0.05, 0) is 25.5 Å². The molecule has 0 radical (unpaired) electrons. The largest absolute Gasteiger partial charge is 0.444 e. The number of hydrogen-bond acceptors (Lipinski definition) is 3. The third-order valence-corrected chi connectivity index (χ3v) is 3.83. The van der Waals surface area contributed by atoms with Crippen molar-refractivity contribution in [3.8, 4) is 11.5 Å². The lowest BCUT2D eigenvalue weighted by molar-refractivity contribution is 0.572. The van der Waals surface area contributed by atoms with E-state index in [2.05, 4.69) is 41.3 Å². The number of nitrogens with one attached hydrogen (secondary N) is 1. The zero-order valence-electron chi connectivity index (χ0n) is 14.7. The van der Waals surface area contributed by atoms with Crippen molar-refractivity contribution in [3.05, 3.63) is 41.8 Å². The summed E-state index contributed by atoms with van der Waals surface area (Å²) >= 11 is 0. The maximum absolute atomic E-state index is 5.86. The molecule has 0 unspecified atom stereocenters. The van der Waals surface area contributed by atoms with Crippen molar-refractivity contribution in [1.82, 2.24) is 10.3 Å². The lowest BCUT2D eigenvalue weighted by atomic mass is 10.1. The molecule has 5 heteroatoms. The van der Waals surface area contributed by atoms with E-state index >= 15 is 0 Å². The highest BCUT2D eigenvalue weighted by atomic mass is 16.3. The highest BCUT2D eigenvalue weighted by molar-refractivity contribution is 5.77. The Bertz CT molecular complexity index is 631. The first kappa shape index (κ1) is 18.0. The Morgan fingerprint density at radius 2 is 2.00 bits per heavy atom. The van der Waals surface area contributed by atoms with Gasteiger partial charge in [0.25, 0.3) is 0 Å². The molecule has 3 N–H and O–H groups in total. The van der Waals surface area contributed by atoms with Gasteiger partial charge in [0.15, 0.2) is 5.96 Å². The monoisotopic (exact) mass is 328 g/mol. The van der Waals surface area contributed by atoms with Crippen LogP contribution < -0.4 is 11.1 Å². The second-order valence-electron chi connectivity index (χ2n) is 6.01. The molecule has 5 nitrogen and oxygen atoms in total. The summed E-state index contributed by atoms with van der Waals surface area (Å²) in [7, 11) is 0. The van der Waals surface area contributed by atoms with Crippen LogP contribution in [0.2, 0.25) is 0 Å². The SMILES string of the molecule is CCCCCCN=C(N)NCCc1coc(-c2ccc(C)cc2)n1. The van der Waals surface area contributed by atoms with Crippen LogP contribution in [0.4, 0.5) is 0 Å². The van der Waals surface area contributed by atoms with Crippen LogP contribution in [0.5, 0.6) is 0 Å². The van der Waals surface area contributed by atoms with Gasteiger partial charge in [-0.1, -0.05) is 43.9 Å². The minimum Gasteiger partial charge on any atom is -0.444 e. The Kier molecular flexibility index (Phi) is 7.33. The van der Waals surface area contributed by atoms with Gasteiger partial charge < -0.3 is 15.5 Å². The van der Waals surface area contributed by atoms with Gasteiger partial charge in [0, 0.05) is 25.1 Å². The van der Waals surface area contributed by atoms with Crippen LogP contribution in [0.1, 0.15) is 43.9 Å². The second-order valence-corrected chi connectivity index (χ2v) is 6.01. The van der Waals surface area contributed by atoms with E-state index in [0.717, 1.165) is 30.6 Å². The number of aryl methyl sites for hydroxylation is 1. The van der Waals surface area contributed by atoms with Crippen LogP contribution in [0.15, 0.2) is 39.9 Å². The van der Waals surface area contributed by atoms with Crippen LogP contribution in [0.3, 0.4) is 0 Å². The summed E-state index contributed by atoms with van der Waals surface area (Å²) in [5, 5.41) is 3.12. The summed E-state index contributed by atoms with van der Waals surface area (Å²) in [6.45, 7) is 5.75. The van der Waals surface area contributed by atoms with E-state index in [1.807, 2.05) is 12.1 Å². The molecular formula is C19H28N4O. The first-order chi connectivity index (χ1) is 11.7. The molecular weight excluding hydrogens is 300 g/mol. The van der Waals surface area contributed by atoms with Gasteiger partial charge in [-0.15, -0.1) is 0 Å². The van der Waals surface area contributed by atoms with Gasteiger partial charge >= 0.3 is 0 Å². The Morgan fingerprint density at radius 3 is 2.75 bits per heavy atom. The Balaban J connectivity index is 1.73. The zero-order chi connectivity index (χ0) is 17.2. The fourth-order valence-electron chi connectivity index (χ4n) is 2.36. The number of unbranched alkanes of at least 4 members (excludes halogenated alkanes) is 3. The molecule has 2 rings (SSSR count). The minimum absolute atomic E-state index is 0.508. The topological polar surface area (TPSA) is 76.4 Å². The maximum Gasteiger partial charge on any atom is 0.226 e. The van der Waals surface area contributed by atoms with Gasteiger partial charge in [0.2, 0.25) is 5.89 Å². The molecule has 1 aromatic carbocycles. The normalized spacial score (nSPS) is 11.7. The molecule has 0 spiro atoms. The Hall–Kier alpha value is -2.30. The maximum atomic E-state index is 5.86. The van der Waals surface area contributed by atoms with E-state index in [9.17, 15) is 0 Å². The lowest BCUT2D eigenvalue weighted by Crippen LogP contribution is -2.33. The quantitative estimate of drug-likeness (QED) is 0.418. The molecule has 0 aliphatic heterocycles. The summed E-state index contributed by atoms with van der Waals surface area (Å²) in [5.41, 5.74) is 8.98. The molecule has 0 bridgehead atoms. The molecule has 24 heavy (non-hydrogen) atoms. The van der Waals surface area contributed by atoms with Crippen LogP contribution in [-0.2, 0) is 6.42 Å². The fraction of sp³-hybridized carbons (Fsp3) is 0.474. The summed E-state index contributed by atoms with van der Waals surface area (Å²) in [6.07, 6.45) is 7.27. The van der Waals surface area contributed by atoms with E-state index in [0.29, 0.717) is 18.4 Å². The summed E-state index contributed by atoms with van der Waals surface area (Å²) in [5.74, 6) is 1.16. The van der Waals surface area contributed by atoms with E-state index < -0.39 is 0 Å². The number of nitrogens with zero attached hydrogens (tertiary/aromatic N) is 2. The molecule has 2 aromatic rings. The van der Waals surface area contributed by atoms with E-state index in [4.69, 9.17) is 10.2 Å². The van der Waals surface area contributed by atoms with Gasteiger partial charge in [-0.25, -0.2) is 4.98 Å². The molecule has 130 valence electrons. The standard InChI is InChI=1S/C19H28N4O/c1-3-4-5-6-12-21-19(20)22-13-11-17-14-24-18(23-17)16-9-7-15(2)8-10-16/h7-10,14H,3-6,11-13H2,1-2H3,(H3,20,21,22). The number of guanidine groups is 1. The predicted molar refractivity (Wildman–Crippen MR) is 99.0 cm³/mol. The number of nitrogens with two attached hydrogens (primary N) is 1. The number of benzene rings is 1. The van der Waals surface area contributed by atoms with Crippen LogP contribution in [0, 0.1) is 6.92 Å². The fourth-order valence-corrected chi connectivity index (χ4v) is 2.36. The lowest BCUT2D eigenvalue weighted by Gasteiger charge is -2.04. The molecule has 0 atom stereocenters. The number of aromatic nitrogens is 1. The smallest absolute Gasteiger partial charge is 0.226 e. The molecule has 1 heterocycles. The molecule has 1 aromatic heterocycles. The zero-order valence-corrected chi connectivity index (χ0v) is 14.7. The Morgan fingerprint density at radius 1 is 1.21 bits per heavy atom. The molecule has 0 saturated heterocycles. The highest BCUT2D eigenvalue weighted by Crippen LogP contribution is 2.19. The molecule has 0 amide bonds. The third-order valence-electron chi connectivity index (χ3n) is 3.83. The van der Waals surface area contributed by atoms with Gasteiger partial charge in [-0.3, -0.25) is 4.99 Å². The van der Waals surface area contributed by atoms with Crippen molar-refractivity contribution in [1.29, 1.82) is 0 Å². The molecule has 0 fully saturated rings. The van der Waals surface area contributed by atoms with Crippen molar-refractivity contribution in [2.24, 2.45) is 10.7 Å². The second kappa shape index (κ2) is 9.75. The first-order valence-electron chi connectivity index (χ1n) is 8.74. The average molecular weight is 328 g/mol. The molecule has 0 aliphatic carbocycles. The van der Waals surface area contributed by atoms with Crippen molar-refractivity contribution < 1.29 is 4.42 Å². The van der Waals surface area contributed by atoms with E-state index in [1.165, 1.54) is 24.8 Å². The van der Waals surface area contributed by atoms with Crippen LogP contribution in [-0.4, -0.2) is 24.0 Å². The average Bonchev–Trinajstić information content (AvgIpc) is 3.04. The van der Waals surface area contributed by atoms with Crippen molar-refractivity contribution in [2.75, 3.05) is 13.1 Å². The summed E-state index contributed by atoms with van der Waals surface area (Å²) in [4.78, 5) is 8.84.